The van der Waals surface area contributed by atoms with E-state index in [0.717, 1.165) is 43.9 Å². The number of carbonyl (C=O) groups excluding carboxylic acids is 1. The van der Waals surface area contributed by atoms with Crippen molar-refractivity contribution >= 4 is 5.91 Å². The van der Waals surface area contributed by atoms with E-state index in [0.29, 0.717) is 12.1 Å². The normalized spacial score (nSPS) is 28.4. The van der Waals surface area contributed by atoms with Gasteiger partial charge in [-0.15, -0.1) is 0 Å². The van der Waals surface area contributed by atoms with E-state index in [2.05, 4.69) is 10.6 Å². The van der Waals surface area contributed by atoms with Crippen molar-refractivity contribution in [3.8, 4) is 0 Å². The Morgan fingerprint density at radius 3 is 2.65 bits per heavy atom. The van der Waals surface area contributed by atoms with Gasteiger partial charge in [0.2, 0.25) is 5.91 Å². The molecule has 5 heteroatoms. The lowest BCUT2D eigenvalue weighted by atomic mass is 9.99. The Balaban J connectivity index is 1.58. The van der Waals surface area contributed by atoms with E-state index in [1.807, 2.05) is 0 Å². The van der Waals surface area contributed by atoms with Gasteiger partial charge in [0.15, 0.2) is 0 Å². The van der Waals surface area contributed by atoms with E-state index in [1.165, 1.54) is 0 Å². The summed E-state index contributed by atoms with van der Waals surface area (Å²) in [4.78, 5) is 12.0. The molecule has 20 heavy (non-hydrogen) atoms. The lowest BCUT2D eigenvalue weighted by Crippen LogP contribution is -2.48. The summed E-state index contributed by atoms with van der Waals surface area (Å²) in [5.41, 5.74) is 0.111. The summed E-state index contributed by atoms with van der Waals surface area (Å²) >= 11 is 0. The molecule has 2 aliphatic rings. The summed E-state index contributed by atoms with van der Waals surface area (Å²) in [6.45, 7) is 0. The number of hydrogen-bond donors (Lipinski definition) is 2. The minimum atomic E-state index is -0.535. The summed E-state index contributed by atoms with van der Waals surface area (Å²) in [6, 6.07) is 4.33. The fraction of sp³-hybridized carbons (Fsp3) is 0.533. The fourth-order valence-corrected chi connectivity index (χ4v) is 3.31. The van der Waals surface area contributed by atoms with Crippen molar-refractivity contribution < 1.29 is 13.6 Å². The van der Waals surface area contributed by atoms with Gasteiger partial charge in [-0.05, 0) is 43.9 Å². The smallest absolute Gasteiger partial charge is 0.224 e. The summed E-state index contributed by atoms with van der Waals surface area (Å²) in [7, 11) is 0. The molecule has 0 saturated carbocycles. The largest absolute Gasteiger partial charge is 0.353 e. The quantitative estimate of drug-likeness (QED) is 0.888. The lowest BCUT2D eigenvalue weighted by Gasteiger charge is -2.29. The van der Waals surface area contributed by atoms with Crippen LogP contribution in [-0.2, 0) is 11.2 Å². The molecule has 3 rings (SSSR count). The van der Waals surface area contributed by atoms with Crippen LogP contribution in [0.5, 0.6) is 0 Å². The molecule has 2 saturated heterocycles. The van der Waals surface area contributed by atoms with E-state index in [9.17, 15) is 13.6 Å². The number of hydrogen-bond acceptors (Lipinski definition) is 2. The average molecular weight is 280 g/mol. The lowest BCUT2D eigenvalue weighted by molar-refractivity contribution is -0.121. The van der Waals surface area contributed by atoms with Crippen LogP contribution in [0.3, 0.4) is 0 Å². The van der Waals surface area contributed by atoms with Crippen LogP contribution in [0.1, 0.15) is 31.2 Å². The van der Waals surface area contributed by atoms with Crippen molar-refractivity contribution in [2.45, 2.75) is 50.2 Å². The maximum atomic E-state index is 13.5. The number of piperidine rings is 1. The second-order valence-corrected chi connectivity index (χ2v) is 5.79. The molecule has 2 bridgehead atoms. The monoisotopic (exact) mass is 280 g/mol. The first kappa shape index (κ1) is 13.5. The zero-order valence-electron chi connectivity index (χ0n) is 11.2. The van der Waals surface area contributed by atoms with Crippen molar-refractivity contribution in [3.05, 3.63) is 35.4 Å². The highest BCUT2D eigenvalue weighted by molar-refractivity contribution is 5.78. The Kier molecular flexibility index (Phi) is 3.70. The van der Waals surface area contributed by atoms with Crippen molar-refractivity contribution in [1.29, 1.82) is 0 Å². The molecule has 2 fully saturated rings. The first-order valence-corrected chi connectivity index (χ1v) is 7.09. The molecular weight excluding hydrogens is 262 g/mol. The van der Waals surface area contributed by atoms with E-state index >= 15 is 0 Å². The van der Waals surface area contributed by atoms with Crippen molar-refractivity contribution in [2.24, 2.45) is 0 Å². The molecule has 2 aliphatic heterocycles. The van der Waals surface area contributed by atoms with Gasteiger partial charge in [-0.1, -0.05) is 0 Å². The zero-order chi connectivity index (χ0) is 14.1. The molecule has 1 amide bonds. The van der Waals surface area contributed by atoms with Crippen molar-refractivity contribution in [2.75, 3.05) is 0 Å². The standard InChI is InChI=1S/C15H18F2N2O/c16-10-1-4-14(17)9(5-10)6-15(20)19-13-7-11-2-3-12(8-13)18-11/h1,4-5,11-13,18H,2-3,6-8H2,(H,19,20). The van der Waals surface area contributed by atoms with Crippen LogP contribution in [0.4, 0.5) is 8.78 Å². The molecule has 1 aromatic rings. The summed E-state index contributed by atoms with van der Waals surface area (Å²) in [5, 5.41) is 6.45. The molecule has 0 radical (unpaired) electrons. The SMILES string of the molecule is O=C(Cc1cc(F)ccc1F)NC1CC2CCC(C1)N2. The number of benzene rings is 1. The predicted octanol–water partition coefficient (Wildman–Crippen LogP) is 1.91. The zero-order valence-corrected chi connectivity index (χ0v) is 11.2. The van der Waals surface area contributed by atoms with Crippen LogP contribution in [0, 0.1) is 11.6 Å². The first-order valence-electron chi connectivity index (χ1n) is 7.09. The molecule has 2 atom stereocenters. The summed E-state index contributed by atoms with van der Waals surface area (Å²) in [6.07, 6.45) is 4.07. The van der Waals surface area contributed by atoms with Crippen molar-refractivity contribution in [3.63, 3.8) is 0 Å². The fourth-order valence-electron chi connectivity index (χ4n) is 3.31. The van der Waals surface area contributed by atoms with Crippen LogP contribution < -0.4 is 10.6 Å². The van der Waals surface area contributed by atoms with Gasteiger partial charge in [0.25, 0.3) is 0 Å². The number of carbonyl (C=O) groups is 1. The molecule has 2 heterocycles. The van der Waals surface area contributed by atoms with Gasteiger partial charge < -0.3 is 10.6 Å². The molecule has 2 N–H and O–H groups in total. The minimum Gasteiger partial charge on any atom is -0.353 e. The molecular formula is C15H18F2N2O. The Morgan fingerprint density at radius 2 is 1.95 bits per heavy atom. The molecule has 0 aromatic heterocycles. The third-order valence-electron chi connectivity index (χ3n) is 4.20. The van der Waals surface area contributed by atoms with E-state index in [-0.39, 0.29) is 23.9 Å². The van der Waals surface area contributed by atoms with E-state index in [1.54, 1.807) is 0 Å². The van der Waals surface area contributed by atoms with Gasteiger partial charge in [-0.25, -0.2) is 8.78 Å². The Bertz CT molecular complexity index is 509. The number of fused-ring (bicyclic) bond motifs is 2. The molecule has 3 nitrogen and oxygen atoms in total. The number of halogens is 2. The minimum absolute atomic E-state index is 0.108. The van der Waals surface area contributed by atoms with Crippen LogP contribution in [0.2, 0.25) is 0 Å². The van der Waals surface area contributed by atoms with E-state index in [4.69, 9.17) is 0 Å². The van der Waals surface area contributed by atoms with Crippen LogP contribution in [-0.4, -0.2) is 24.0 Å². The van der Waals surface area contributed by atoms with Gasteiger partial charge >= 0.3 is 0 Å². The highest BCUT2D eigenvalue weighted by Crippen LogP contribution is 2.26. The second-order valence-electron chi connectivity index (χ2n) is 5.79. The van der Waals surface area contributed by atoms with Gasteiger partial charge in [-0.3, -0.25) is 4.79 Å². The van der Waals surface area contributed by atoms with Crippen LogP contribution in [0.15, 0.2) is 18.2 Å². The Morgan fingerprint density at radius 1 is 1.25 bits per heavy atom. The first-order chi connectivity index (χ1) is 9.60. The third-order valence-corrected chi connectivity index (χ3v) is 4.20. The van der Waals surface area contributed by atoms with Gasteiger partial charge in [-0.2, -0.15) is 0 Å². The molecule has 1 aromatic carbocycles. The second kappa shape index (κ2) is 5.48. The van der Waals surface area contributed by atoms with E-state index < -0.39 is 11.6 Å². The summed E-state index contributed by atoms with van der Waals surface area (Å²) < 4.78 is 26.5. The maximum absolute atomic E-state index is 13.5. The highest BCUT2D eigenvalue weighted by atomic mass is 19.1. The molecule has 0 aliphatic carbocycles. The Labute approximate surface area is 116 Å². The molecule has 0 spiro atoms. The third kappa shape index (κ3) is 2.98. The summed E-state index contributed by atoms with van der Waals surface area (Å²) in [5.74, 6) is -1.29. The predicted molar refractivity (Wildman–Crippen MR) is 71.2 cm³/mol. The maximum Gasteiger partial charge on any atom is 0.224 e. The van der Waals surface area contributed by atoms with Crippen LogP contribution in [0.25, 0.3) is 0 Å². The topological polar surface area (TPSA) is 41.1 Å². The Hall–Kier alpha value is -1.49. The van der Waals surface area contributed by atoms with Crippen LogP contribution >= 0.6 is 0 Å². The van der Waals surface area contributed by atoms with Gasteiger partial charge in [0.1, 0.15) is 11.6 Å². The highest BCUT2D eigenvalue weighted by Gasteiger charge is 2.33. The van der Waals surface area contributed by atoms with Gasteiger partial charge in [0, 0.05) is 23.7 Å². The van der Waals surface area contributed by atoms with Gasteiger partial charge in [0.05, 0.1) is 6.42 Å². The van der Waals surface area contributed by atoms with Crippen molar-refractivity contribution in [1.82, 2.24) is 10.6 Å². The molecule has 2 unspecified atom stereocenters. The number of rotatable bonds is 3. The number of amides is 1. The molecule has 108 valence electrons. The average Bonchev–Trinajstić information content (AvgIpc) is 2.73. The number of nitrogens with one attached hydrogen (secondary N) is 2.